The minimum Gasteiger partial charge on any atom is -0.493 e. The summed E-state index contributed by atoms with van der Waals surface area (Å²) in [6.07, 6.45) is 4.75. The van der Waals surface area contributed by atoms with Crippen molar-refractivity contribution in [3.63, 3.8) is 0 Å². The minimum absolute atomic E-state index is 0.130. The molecule has 3 aromatic rings. The van der Waals surface area contributed by atoms with Crippen LogP contribution in [-0.2, 0) is 6.42 Å². The van der Waals surface area contributed by atoms with Crippen LogP contribution in [0.25, 0.3) is 0 Å². The van der Waals surface area contributed by atoms with Gasteiger partial charge in [-0.25, -0.2) is 4.39 Å². The molecule has 2 aromatic heterocycles. The van der Waals surface area contributed by atoms with Gasteiger partial charge in [-0.2, -0.15) is 4.98 Å². The number of piperidine rings is 1. The standard InChI is InChI=1S/C21H21FN4O3/c22-15-7-9-16(10-8-15)28-14-11-19-24-20(29-25-19)18-6-2-4-13-26(18)21(27)17-5-1-3-12-23-17/h1,3,5,7-10,12,18H,2,4,6,11,13-14H2. The first kappa shape index (κ1) is 19.0. The van der Waals surface area contributed by atoms with E-state index in [4.69, 9.17) is 9.26 Å². The average molecular weight is 396 g/mol. The molecular formula is C21H21FN4O3. The molecule has 1 amide bonds. The Kier molecular flexibility index (Phi) is 5.79. The number of rotatable bonds is 6. The number of aromatic nitrogens is 3. The molecule has 0 N–H and O–H groups in total. The number of hydrogen-bond acceptors (Lipinski definition) is 6. The maximum atomic E-state index is 12.9. The van der Waals surface area contributed by atoms with E-state index in [0.29, 0.717) is 42.7 Å². The molecule has 150 valence electrons. The number of hydrogen-bond donors (Lipinski definition) is 0. The highest BCUT2D eigenvalue weighted by molar-refractivity contribution is 5.92. The van der Waals surface area contributed by atoms with Crippen molar-refractivity contribution < 1.29 is 18.4 Å². The molecule has 1 atom stereocenters. The lowest BCUT2D eigenvalue weighted by Gasteiger charge is -2.33. The molecule has 1 unspecified atom stereocenters. The van der Waals surface area contributed by atoms with E-state index >= 15 is 0 Å². The highest BCUT2D eigenvalue weighted by Gasteiger charge is 2.33. The Morgan fingerprint density at radius 1 is 1.21 bits per heavy atom. The highest BCUT2D eigenvalue weighted by atomic mass is 19.1. The SMILES string of the molecule is O=C(c1ccccn1)N1CCCCC1c1nc(CCOc2ccc(F)cc2)no1. The van der Waals surface area contributed by atoms with Crippen LogP contribution in [0, 0.1) is 5.82 Å². The zero-order valence-corrected chi connectivity index (χ0v) is 15.8. The molecule has 3 heterocycles. The van der Waals surface area contributed by atoms with Crippen molar-refractivity contribution in [3.05, 3.63) is 71.9 Å². The van der Waals surface area contributed by atoms with E-state index in [1.807, 2.05) is 0 Å². The molecule has 1 saturated heterocycles. The lowest BCUT2D eigenvalue weighted by atomic mass is 10.0. The number of carbonyl (C=O) groups excluding carboxylic acids is 1. The van der Waals surface area contributed by atoms with Gasteiger partial charge in [0.1, 0.15) is 23.3 Å². The van der Waals surface area contributed by atoms with Crippen molar-refractivity contribution in [1.29, 1.82) is 0 Å². The summed E-state index contributed by atoms with van der Waals surface area (Å²) < 4.78 is 24.0. The van der Waals surface area contributed by atoms with Gasteiger partial charge >= 0.3 is 0 Å². The first-order valence-corrected chi connectivity index (χ1v) is 9.63. The van der Waals surface area contributed by atoms with Gasteiger partial charge in [-0.15, -0.1) is 0 Å². The van der Waals surface area contributed by atoms with Gasteiger partial charge in [0.2, 0.25) is 5.89 Å². The quantitative estimate of drug-likeness (QED) is 0.633. The molecule has 0 radical (unpaired) electrons. The van der Waals surface area contributed by atoms with E-state index < -0.39 is 0 Å². The second-order valence-electron chi connectivity index (χ2n) is 6.83. The van der Waals surface area contributed by atoms with Crippen LogP contribution in [0.2, 0.25) is 0 Å². The molecule has 1 aliphatic heterocycles. The molecule has 8 heteroatoms. The summed E-state index contributed by atoms with van der Waals surface area (Å²) in [7, 11) is 0. The summed E-state index contributed by atoms with van der Waals surface area (Å²) in [5.41, 5.74) is 0.409. The third kappa shape index (κ3) is 4.59. The molecule has 0 spiro atoms. The van der Waals surface area contributed by atoms with Gasteiger partial charge in [0.05, 0.1) is 6.61 Å². The molecule has 0 saturated carbocycles. The van der Waals surface area contributed by atoms with Crippen molar-refractivity contribution in [1.82, 2.24) is 20.0 Å². The van der Waals surface area contributed by atoms with Crippen LogP contribution >= 0.6 is 0 Å². The zero-order chi connectivity index (χ0) is 20.1. The van der Waals surface area contributed by atoms with Gasteiger partial charge in [0.25, 0.3) is 5.91 Å². The highest BCUT2D eigenvalue weighted by Crippen LogP contribution is 2.31. The van der Waals surface area contributed by atoms with E-state index in [9.17, 15) is 9.18 Å². The topological polar surface area (TPSA) is 81.4 Å². The molecular weight excluding hydrogens is 375 g/mol. The van der Waals surface area contributed by atoms with E-state index in [-0.39, 0.29) is 17.8 Å². The van der Waals surface area contributed by atoms with Gasteiger partial charge < -0.3 is 14.2 Å². The number of benzene rings is 1. The molecule has 1 aromatic carbocycles. The summed E-state index contributed by atoms with van der Waals surface area (Å²) >= 11 is 0. The number of likely N-dealkylation sites (tertiary alicyclic amines) is 1. The number of pyridine rings is 1. The smallest absolute Gasteiger partial charge is 0.273 e. The summed E-state index contributed by atoms with van der Waals surface area (Å²) in [6.45, 7) is 0.970. The van der Waals surface area contributed by atoms with E-state index in [1.165, 1.54) is 12.1 Å². The Labute approximate surface area is 167 Å². The first-order valence-electron chi connectivity index (χ1n) is 9.63. The number of halogens is 1. The fourth-order valence-electron chi connectivity index (χ4n) is 3.36. The Hall–Kier alpha value is -3.29. The van der Waals surface area contributed by atoms with Crippen molar-refractivity contribution >= 4 is 5.91 Å². The fraction of sp³-hybridized carbons (Fsp3) is 0.333. The maximum absolute atomic E-state index is 12.9. The average Bonchev–Trinajstić information content (AvgIpc) is 3.24. The summed E-state index contributed by atoms with van der Waals surface area (Å²) in [6, 6.07) is 10.9. The van der Waals surface area contributed by atoms with Crippen molar-refractivity contribution in [3.8, 4) is 5.75 Å². The Balaban J connectivity index is 1.40. The molecule has 0 bridgehead atoms. The molecule has 0 aliphatic carbocycles. The lowest BCUT2D eigenvalue weighted by molar-refractivity contribution is 0.0555. The van der Waals surface area contributed by atoms with Crippen LogP contribution in [0.15, 0.2) is 53.2 Å². The largest absolute Gasteiger partial charge is 0.493 e. The zero-order valence-electron chi connectivity index (χ0n) is 15.8. The summed E-state index contributed by atoms with van der Waals surface area (Å²) in [4.78, 5) is 23.3. The lowest BCUT2D eigenvalue weighted by Crippen LogP contribution is -2.39. The van der Waals surface area contributed by atoms with Gasteiger partial charge in [-0.3, -0.25) is 9.78 Å². The monoisotopic (exact) mass is 396 g/mol. The first-order chi connectivity index (χ1) is 14.2. The second kappa shape index (κ2) is 8.81. The van der Waals surface area contributed by atoms with Gasteiger partial charge in [-0.1, -0.05) is 11.2 Å². The van der Waals surface area contributed by atoms with E-state index in [1.54, 1.807) is 41.4 Å². The molecule has 1 aliphatic rings. The van der Waals surface area contributed by atoms with Crippen molar-refractivity contribution in [2.75, 3.05) is 13.2 Å². The third-order valence-electron chi connectivity index (χ3n) is 4.82. The Morgan fingerprint density at radius 3 is 2.86 bits per heavy atom. The van der Waals surface area contributed by atoms with Crippen LogP contribution in [0.4, 0.5) is 4.39 Å². The molecule has 29 heavy (non-hydrogen) atoms. The number of amides is 1. The van der Waals surface area contributed by atoms with Gasteiger partial charge in [0.15, 0.2) is 5.82 Å². The molecule has 4 rings (SSSR count). The molecule has 7 nitrogen and oxygen atoms in total. The van der Waals surface area contributed by atoms with Gasteiger partial charge in [0, 0.05) is 19.2 Å². The second-order valence-corrected chi connectivity index (χ2v) is 6.83. The maximum Gasteiger partial charge on any atom is 0.273 e. The van der Waals surface area contributed by atoms with Crippen LogP contribution in [0.1, 0.15) is 47.5 Å². The van der Waals surface area contributed by atoms with Crippen LogP contribution in [-0.4, -0.2) is 39.1 Å². The number of carbonyl (C=O) groups is 1. The molecule has 1 fully saturated rings. The Bertz CT molecular complexity index is 946. The Morgan fingerprint density at radius 2 is 2.07 bits per heavy atom. The fourth-order valence-corrected chi connectivity index (χ4v) is 3.36. The third-order valence-corrected chi connectivity index (χ3v) is 4.82. The normalized spacial score (nSPS) is 16.6. The van der Waals surface area contributed by atoms with Gasteiger partial charge in [-0.05, 0) is 55.7 Å². The van der Waals surface area contributed by atoms with Crippen LogP contribution < -0.4 is 4.74 Å². The summed E-state index contributed by atoms with van der Waals surface area (Å²) in [5.74, 6) is 1.09. The van der Waals surface area contributed by atoms with Crippen LogP contribution in [0.3, 0.4) is 0 Å². The summed E-state index contributed by atoms with van der Waals surface area (Å²) in [5, 5.41) is 4.02. The number of nitrogens with zero attached hydrogens (tertiary/aromatic N) is 4. The van der Waals surface area contributed by atoms with E-state index in [2.05, 4.69) is 15.1 Å². The van der Waals surface area contributed by atoms with E-state index in [0.717, 1.165) is 19.3 Å². The minimum atomic E-state index is -0.308. The predicted molar refractivity (Wildman–Crippen MR) is 102 cm³/mol. The van der Waals surface area contributed by atoms with Crippen molar-refractivity contribution in [2.24, 2.45) is 0 Å². The number of ether oxygens (including phenoxy) is 1. The van der Waals surface area contributed by atoms with Crippen LogP contribution in [0.5, 0.6) is 5.75 Å². The predicted octanol–water partition coefficient (Wildman–Crippen LogP) is 3.59. The van der Waals surface area contributed by atoms with Crippen molar-refractivity contribution in [2.45, 2.75) is 31.7 Å².